The van der Waals surface area contributed by atoms with E-state index in [2.05, 4.69) is 47.8 Å². The van der Waals surface area contributed by atoms with Crippen LogP contribution in [-0.4, -0.2) is 32.1 Å². The SMILES string of the molecule is COC(=O)[C@H](Br)C[C@H](Br)c1cc(OC)c(OC)cc1Br. The molecule has 1 aromatic carbocycles. The van der Waals surface area contributed by atoms with E-state index in [4.69, 9.17) is 14.2 Å². The molecule has 0 bridgehead atoms. The number of rotatable bonds is 6. The van der Waals surface area contributed by atoms with Gasteiger partial charge >= 0.3 is 5.97 Å². The first kappa shape index (κ1) is 17.8. The Hall–Kier alpha value is -0.270. The Bertz CT molecular complexity index is 479. The number of ether oxygens (including phenoxy) is 3. The smallest absolute Gasteiger partial charge is 0.319 e. The van der Waals surface area contributed by atoms with Crippen LogP contribution in [0.5, 0.6) is 11.5 Å². The lowest BCUT2D eigenvalue weighted by molar-refractivity contribution is -0.139. The van der Waals surface area contributed by atoms with Crippen molar-refractivity contribution >= 4 is 53.8 Å². The van der Waals surface area contributed by atoms with E-state index in [9.17, 15) is 4.79 Å². The lowest BCUT2D eigenvalue weighted by Gasteiger charge is -2.17. The average Bonchev–Trinajstić information content (AvgIpc) is 2.45. The summed E-state index contributed by atoms with van der Waals surface area (Å²) < 4.78 is 16.1. The second-order valence-corrected chi connectivity index (χ2v) is 6.99. The van der Waals surface area contributed by atoms with Crippen molar-refractivity contribution in [3.63, 3.8) is 0 Å². The molecule has 0 heterocycles. The minimum atomic E-state index is -0.378. The van der Waals surface area contributed by atoms with E-state index in [1.807, 2.05) is 12.1 Å². The Balaban J connectivity index is 2.98. The molecule has 2 atom stereocenters. The van der Waals surface area contributed by atoms with E-state index in [0.717, 1.165) is 10.0 Å². The Morgan fingerprint density at radius 1 is 1.15 bits per heavy atom. The highest BCUT2D eigenvalue weighted by Gasteiger charge is 2.23. The highest BCUT2D eigenvalue weighted by molar-refractivity contribution is 9.11. The summed E-state index contributed by atoms with van der Waals surface area (Å²) in [5.41, 5.74) is 0.969. The van der Waals surface area contributed by atoms with Crippen molar-refractivity contribution < 1.29 is 19.0 Å². The number of hydrogen-bond donors (Lipinski definition) is 0. The molecular formula is C13H15Br3O4. The number of alkyl halides is 2. The fourth-order valence-corrected chi connectivity index (χ4v) is 4.36. The summed E-state index contributed by atoms with van der Waals surface area (Å²) in [6.45, 7) is 0. The third kappa shape index (κ3) is 4.36. The molecule has 0 spiro atoms. The van der Waals surface area contributed by atoms with E-state index in [0.29, 0.717) is 17.9 Å². The number of carbonyl (C=O) groups is 1. The third-order valence-electron chi connectivity index (χ3n) is 2.71. The van der Waals surface area contributed by atoms with Gasteiger partial charge in [0, 0.05) is 9.30 Å². The van der Waals surface area contributed by atoms with Gasteiger partial charge in [0.2, 0.25) is 0 Å². The van der Waals surface area contributed by atoms with E-state index >= 15 is 0 Å². The zero-order valence-electron chi connectivity index (χ0n) is 11.3. The molecule has 0 fully saturated rings. The minimum absolute atomic E-state index is 0.0415. The van der Waals surface area contributed by atoms with Crippen LogP contribution in [0, 0.1) is 0 Å². The number of benzene rings is 1. The van der Waals surface area contributed by atoms with Gasteiger partial charge in [-0.3, -0.25) is 4.79 Å². The maximum atomic E-state index is 11.4. The highest BCUT2D eigenvalue weighted by atomic mass is 79.9. The zero-order chi connectivity index (χ0) is 15.3. The van der Waals surface area contributed by atoms with Crippen LogP contribution in [0.25, 0.3) is 0 Å². The quantitative estimate of drug-likeness (QED) is 0.457. The molecular weight excluding hydrogens is 460 g/mol. The van der Waals surface area contributed by atoms with Gasteiger partial charge < -0.3 is 14.2 Å². The van der Waals surface area contributed by atoms with E-state index < -0.39 is 0 Å². The van der Waals surface area contributed by atoms with Gasteiger partial charge in [0.25, 0.3) is 0 Å². The minimum Gasteiger partial charge on any atom is -0.493 e. The van der Waals surface area contributed by atoms with Gasteiger partial charge in [-0.15, -0.1) is 0 Å². The second-order valence-electron chi connectivity index (χ2n) is 3.92. The summed E-state index contributed by atoms with van der Waals surface area (Å²) in [5.74, 6) is 0.983. The molecule has 0 aromatic heterocycles. The van der Waals surface area contributed by atoms with E-state index in [1.165, 1.54) is 7.11 Å². The van der Waals surface area contributed by atoms with Gasteiger partial charge in [-0.2, -0.15) is 0 Å². The van der Waals surface area contributed by atoms with E-state index in [-0.39, 0.29) is 15.6 Å². The van der Waals surface area contributed by atoms with Crippen molar-refractivity contribution in [1.82, 2.24) is 0 Å². The summed E-state index contributed by atoms with van der Waals surface area (Å²) in [4.78, 5) is 11.0. The first-order chi connectivity index (χ1) is 9.44. The molecule has 7 heteroatoms. The molecule has 4 nitrogen and oxygen atoms in total. The third-order valence-corrected chi connectivity index (χ3v) is 5.01. The van der Waals surface area contributed by atoms with Crippen molar-refractivity contribution in [1.29, 1.82) is 0 Å². The van der Waals surface area contributed by atoms with Crippen LogP contribution < -0.4 is 9.47 Å². The Morgan fingerprint density at radius 2 is 1.70 bits per heavy atom. The standard InChI is InChI=1S/C13H15Br3O4/c1-18-11-4-7(9(15)6-12(11)19-2)8(14)5-10(16)13(17)20-3/h4,6,8,10H,5H2,1-3H3/t8-,10+/m0/s1. The lowest BCUT2D eigenvalue weighted by atomic mass is 10.1. The Labute approximate surface area is 143 Å². The Kier molecular flexibility index (Phi) is 7.33. The molecule has 0 unspecified atom stereocenters. The van der Waals surface area contributed by atoms with Gasteiger partial charge in [-0.25, -0.2) is 0 Å². The molecule has 20 heavy (non-hydrogen) atoms. The molecule has 0 aliphatic rings. The predicted molar refractivity (Wildman–Crippen MR) is 88.3 cm³/mol. The van der Waals surface area contributed by atoms with Crippen LogP contribution in [0.4, 0.5) is 0 Å². The molecule has 0 saturated heterocycles. The molecule has 1 rings (SSSR count). The normalized spacial score (nSPS) is 13.5. The highest BCUT2D eigenvalue weighted by Crippen LogP contribution is 2.41. The number of hydrogen-bond acceptors (Lipinski definition) is 4. The number of methoxy groups -OCH3 is 3. The van der Waals surface area contributed by atoms with Gasteiger partial charge in [0.1, 0.15) is 4.83 Å². The van der Waals surface area contributed by atoms with Gasteiger partial charge in [0.05, 0.1) is 21.3 Å². The van der Waals surface area contributed by atoms with Crippen molar-refractivity contribution in [2.24, 2.45) is 0 Å². The van der Waals surface area contributed by atoms with Crippen LogP contribution in [0.15, 0.2) is 16.6 Å². The van der Waals surface area contributed by atoms with Crippen LogP contribution in [0.3, 0.4) is 0 Å². The van der Waals surface area contributed by atoms with Gasteiger partial charge in [0.15, 0.2) is 11.5 Å². The van der Waals surface area contributed by atoms with Crippen molar-refractivity contribution in [2.45, 2.75) is 16.1 Å². The molecule has 0 amide bonds. The Morgan fingerprint density at radius 3 is 2.20 bits per heavy atom. The molecule has 0 N–H and O–H groups in total. The van der Waals surface area contributed by atoms with Crippen molar-refractivity contribution in [3.05, 3.63) is 22.2 Å². The summed E-state index contributed by atoms with van der Waals surface area (Å²) >= 11 is 10.4. The van der Waals surface area contributed by atoms with E-state index in [1.54, 1.807) is 14.2 Å². The lowest BCUT2D eigenvalue weighted by Crippen LogP contribution is -2.17. The van der Waals surface area contributed by atoms with Crippen molar-refractivity contribution in [2.75, 3.05) is 21.3 Å². The molecule has 112 valence electrons. The molecule has 0 radical (unpaired) electrons. The van der Waals surface area contributed by atoms with Gasteiger partial charge in [-0.1, -0.05) is 47.8 Å². The van der Waals surface area contributed by atoms with Crippen molar-refractivity contribution in [3.8, 4) is 11.5 Å². The largest absolute Gasteiger partial charge is 0.493 e. The molecule has 0 aliphatic carbocycles. The average molecular weight is 475 g/mol. The fourth-order valence-electron chi connectivity index (χ4n) is 1.64. The number of carbonyl (C=O) groups excluding carboxylic acids is 1. The summed E-state index contributed by atoms with van der Waals surface area (Å²) in [6, 6.07) is 3.71. The first-order valence-corrected chi connectivity index (χ1v) is 8.34. The number of esters is 1. The maximum Gasteiger partial charge on any atom is 0.319 e. The van der Waals surface area contributed by atoms with Gasteiger partial charge in [-0.05, 0) is 24.1 Å². The topological polar surface area (TPSA) is 44.8 Å². The monoisotopic (exact) mass is 472 g/mol. The first-order valence-electron chi connectivity index (χ1n) is 5.72. The second kappa shape index (κ2) is 8.24. The molecule has 1 aromatic rings. The van der Waals surface area contributed by atoms with Crippen LogP contribution in [0.1, 0.15) is 16.8 Å². The zero-order valence-corrected chi connectivity index (χ0v) is 16.0. The predicted octanol–water partition coefficient (Wildman–Crippen LogP) is 4.23. The van der Waals surface area contributed by atoms with Crippen LogP contribution >= 0.6 is 47.8 Å². The van der Waals surface area contributed by atoms with Crippen LogP contribution in [-0.2, 0) is 9.53 Å². The molecule has 0 aliphatic heterocycles. The van der Waals surface area contributed by atoms with Crippen LogP contribution in [0.2, 0.25) is 0 Å². The summed E-state index contributed by atoms with van der Waals surface area (Å²) in [6.07, 6.45) is 0.542. The maximum absolute atomic E-state index is 11.4. The number of halogens is 3. The fraction of sp³-hybridized carbons (Fsp3) is 0.462. The molecule has 0 saturated carbocycles. The summed E-state index contributed by atoms with van der Waals surface area (Å²) in [5, 5.41) is 0. The summed E-state index contributed by atoms with van der Waals surface area (Å²) in [7, 11) is 4.54.